The molecule has 0 spiro atoms. The number of hydrogen-bond donors (Lipinski definition) is 1. The third-order valence-corrected chi connectivity index (χ3v) is 3.91. The van der Waals surface area contributed by atoms with Crippen molar-refractivity contribution in [3.63, 3.8) is 0 Å². The van der Waals surface area contributed by atoms with Crippen molar-refractivity contribution >= 4 is 18.2 Å². The van der Waals surface area contributed by atoms with Crippen LogP contribution in [0.4, 0.5) is 5.95 Å². The fraction of sp³-hybridized carbons (Fsp3) is 0.833. The van der Waals surface area contributed by atoms with Crippen molar-refractivity contribution in [2.24, 2.45) is 0 Å². The van der Waals surface area contributed by atoms with Crippen molar-refractivity contribution in [3.05, 3.63) is 4.77 Å². The Bertz CT molecular complexity index is 436. The van der Waals surface area contributed by atoms with E-state index in [-0.39, 0.29) is 0 Å². The van der Waals surface area contributed by atoms with Gasteiger partial charge >= 0.3 is 0 Å². The van der Waals surface area contributed by atoms with Crippen molar-refractivity contribution in [1.82, 2.24) is 19.7 Å². The molecule has 1 aromatic rings. The largest absolute Gasteiger partial charge is 0.339 e. The van der Waals surface area contributed by atoms with Crippen LogP contribution < -0.4 is 4.90 Å². The summed E-state index contributed by atoms with van der Waals surface area (Å²) in [4.78, 5) is 4.66. The van der Waals surface area contributed by atoms with Crippen molar-refractivity contribution in [3.8, 4) is 0 Å². The maximum Gasteiger partial charge on any atom is 0.225 e. The number of likely N-dealkylation sites (N-methyl/N-ethyl adjacent to an activating group) is 1. The molecule has 0 bridgehead atoms. The van der Waals surface area contributed by atoms with Gasteiger partial charge in [-0.15, -0.1) is 5.10 Å². The molecule has 1 aliphatic rings. The highest BCUT2D eigenvalue weighted by atomic mass is 32.1. The van der Waals surface area contributed by atoms with Crippen LogP contribution >= 0.6 is 12.2 Å². The van der Waals surface area contributed by atoms with Crippen molar-refractivity contribution in [2.45, 2.75) is 38.8 Å². The monoisotopic (exact) mass is 269 g/mol. The van der Waals surface area contributed by atoms with Crippen LogP contribution in [0.25, 0.3) is 0 Å². The van der Waals surface area contributed by atoms with Gasteiger partial charge in [0, 0.05) is 25.7 Å². The first-order valence-electron chi connectivity index (χ1n) is 6.70. The molecule has 102 valence electrons. The molecule has 18 heavy (non-hydrogen) atoms. The number of aromatic nitrogens is 3. The third-order valence-electron chi connectivity index (χ3n) is 3.59. The van der Waals surface area contributed by atoms with Gasteiger partial charge in [0.1, 0.15) is 0 Å². The fourth-order valence-electron chi connectivity index (χ4n) is 2.53. The summed E-state index contributed by atoms with van der Waals surface area (Å²) in [6.07, 6.45) is 3.56. The standard InChI is InChI=1S/C12H23N5S/c1-4-7-17-11(13-14-12(17)18)16-8-5-6-10(9-16)15(2)3/h10H,4-9H2,1-3H3,(H,14,18). The van der Waals surface area contributed by atoms with Crippen LogP contribution in [0.3, 0.4) is 0 Å². The second-order valence-corrected chi connectivity index (χ2v) is 5.57. The van der Waals surface area contributed by atoms with Gasteiger partial charge in [0.05, 0.1) is 0 Å². The topological polar surface area (TPSA) is 40.1 Å². The highest BCUT2D eigenvalue weighted by Crippen LogP contribution is 2.20. The molecular formula is C12H23N5S. The van der Waals surface area contributed by atoms with Gasteiger partial charge in [0.15, 0.2) is 4.77 Å². The third kappa shape index (κ3) is 2.75. The van der Waals surface area contributed by atoms with E-state index in [0.29, 0.717) is 6.04 Å². The Kier molecular flexibility index (Phi) is 4.40. The Morgan fingerprint density at radius 1 is 1.50 bits per heavy atom. The zero-order valence-corrected chi connectivity index (χ0v) is 12.3. The minimum Gasteiger partial charge on any atom is -0.339 e. The lowest BCUT2D eigenvalue weighted by atomic mass is 10.1. The Balaban J connectivity index is 2.18. The summed E-state index contributed by atoms with van der Waals surface area (Å²) in [5, 5.41) is 7.33. The van der Waals surface area contributed by atoms with E-state index in [4.69, 9.17) is 12.2 Å². The van der Waals surface area contributed by atoms with Crippen molar-refractivity contribution < 1.29 is 0 Å². The average molecular weight is 269 g/mol. The molecule has 0 aromatic carbocycles. The second-order valence-electron chi connectivity index (χ2n) is 5.19. The molecule has 0 radical (unpaired) electrons. The highest BCUT2D eigenvalue weighted by Gasteiger charge is 2.24. The molecule has 6 heteroatoms. The number of piperidine rings is 1. The fourth-order valence-corrected chi connectivity index (χ4v) is 2.75. The van der Waals surface area contributed by atoms with Crippen LogP contribution in [-0.4, -0.2) is 52.9 Å². The van der Waals surface area contributed by atoms with E-state index >= 15 is 0 Å². The van der Waals surface area contributed by atoms with Crippen LogP contribution in [0.5, 0.6) is 0 Å². The van der Waals surface area contributed by atoms with Crippen LogP contribution in [0.2, 0.25) is 0 Å². The van der Waals surface area contributed by atoms with Gasteiger partial charge in [0.2, 0.25) is 5.95 Å². The normalized spacial score (nSPS) is 20.7. The van der Waals surface area contributed by atoms with Crippen molar-refractivity contribution in [1.29, 1.82) is 0 Å². The molecule has 0 aliphatic carbocycles. The number of aromatic amines is 1. The summed E-state index contributed by atoms with van der Waals surface area (Å²) in [7, 11) is 4.30. The van der Waals surface area contributed by atoms with Gasteiger partial charge in [-0.2, -0.15) is 0 Å². The molecule has 1 unspecified atom stereocenters. The van der Waals surface area contributed by atoms with E-state index in [0.717, 1.165) is 36.8 Å². The summed E-state index contributed by atoms with van der Waals surface area (Å²) in [6, 6.07) is 0.610. The SMILES string of the molecule is CCCn1c(N2CCCC(N(C)C)C2)n[nH]c1=S. The second kappa shape index (κ2) is 5.84. The van der Waals surface area contributed by atoms with Gasteiger partial charge in [0.25, 0.3) is 0 Å². The first kappa shape index (κ1) is 13.5. The molecule has 1 N–H and O–H groups in total. The number of H-pyrrole nitrogens is 1. The Labute approximate surface area is 114 Å². The quantitative estimate of drug-likeness (QED) is 0.847. The zero-order chi connectivity index (χ0) is 13.1. The lowest BCUT2D eigenvalue weighted by Gasteiger charge is -2.36. The number of hydrogen-bond acceptors (Lipinski definition) is 4. The molecule has 1 aromatic heterocycles. The van der Waals surface area contributed by atoms with Gasteiger partial charge in [-0.25, -0.2) is 5.10 Å². The minimum atomic E-state index is 0.610. The maximum atomic E-state index is 5.30. The smallest absolute Gasteiger partial charge is 0.225 e. The minimum absolute atomic E-state index is 0.610. The molecule has 1 atom stereocenters. The number of rotatable bonds is 4. The van der Waals surface area contributed by atoms with E-state index in [9.17, 15) is 0 Å². The summed E-state index contributed by atoms with van der Waals surface area (Å²) in [5.74, 6) is 1.01. The Morgan fingerprint density at radius 3 is 2.94 bits per heavy atom. The predicted molar refractivity (Wildman–Crippen MR) is 76.6 cm³/mol. The van der Waals surface area contributed by atoms with Gasteiger partial charge in [-0.1, -0.05) is 6.92 Å². The van der Waals surface area contributed by atoms with Crippen LogP contribution in [-0.2, 0) is 6.54 Å². The summed E-state index contributed by atoms with van der Waals surface area (Å²) in [5.41, 5.74) is 0. The van der Waals surface area contributed by atoms with Gasteiger partial charge in [-0.3, -0.25) is 4.57 Å². The van der Waals surface area contributed by atoms with Crippen LogP contribution in [0.1, 0.15) is 26.2 Å². The maximum absolute atomic E-state index is 5.30. The molecule has 1 aliphatic heterocycles. The number of nitrogens with one attached hydrogen (secondary N) is 1. The molecular weight excluding hydrogens is 246 g/mol. The predicted octanol–water partition coefficient (Wildman–Crippen LogP) is 1.88. The average Bonchev–Trinajstić information content (AvgIpc) is 2.72. The first-order valence-corrected chi connectivity index (χ1v) is 7.11. The lowest BCUT2D eigenvalue weighted by molar-refractivity contribution is 0.256. The summed E-state index contributed by atoms with van der Waals surface area (Å²) < 4.78 is 2.85. The summed E-state index contributed by atoms with van der Waals surface area (Å²) >= 11 is 5.30. The molecule has 2 rings (SSSR count). The Morgan fingerprint density at radius 2 is 2.28 bits per heavy atom. The molecule has 0 amide bonds. The Hall–Kier alpha value is -0.880. The van der Waals surface area contributed by atoms with Gasteiger partial charge in [-0.05, 0) is 45.6 Å². The van der Waals surface area contributed by atoms with Crippen LogP contribution in [0.15, 0.2) is 0 Å². The van der Waals surface area contributed by atoms with Crippen molar-refractivity contribution in [2.75, 3.05) is 32.1 Å². The summed E-state index contributed by atoms with van der Waals surface area (Å²) in [6.45, 7) is 5.22. The number of anilines is 1. The first-order chi connectivity index (χ1) is 8.63. The highest BCUT2D eigenvalue weighted by molar-refractivity contribution is 7.71. The zero-order valence-electron chi connectivity index (χ0n) is 11.5. The molecule has 5 nitrogen and oxygen atoms in total. The molecule has 2 heterocycles. The van der Waals surface area contributed by atoms with E-state index in [1.54, 1.807) is 0 Å². The van der Waals surface area contributed by atoms with Gasteiger partial charge < -0.3 is 9.80 Å². The number of nitrogens with zero attached hydrogens (tertiary/aromatic N) is 4. The van der Waals surface area contributed by atoms with E-state index in [1.165, 1.54) is 12.8 Å². The lowest BCUT2D eigenvalue weighted by Crippen LogP contribution is -2.46. The van der Waals surface area contributed by atoms with Crippen LogP contribution in [0, 0.1) is 4.77 Å². The molecule has 1 saturated heterocycles. The van der Waals surface area contributed by atoms with E-state index in [2.05, 4.69) is 45.6 Å². The van der Waals surface area contributed by atoms with E-state index in [1.807, 2.05) is 0 Å². The molecule has 1 fully saturated rings. The van der Waals surface area contributed by atoms with E-state index < -0.39 is 0 Å². The molecule has 0 saturated carbocycles.